The first-order chi connectivity index (χ1) is 12.6. The predicted octanol–water partition coefficient (Wildman–Crippen LogP) is 3.18. The van der Waals surface area contributed by atoms with Gasteiger partial charge in [0.2, 0.25) is 0 Å². The number of aromatic nitrogens is 4. The fourth-order valence-corrected chi connectivity index (χ4v) is 2.77. The van der Waals surface area contributed by atoms with Gasteiger partial charge in [-0.15, -0.1) is 0 Å². The Morgan fingerprint density at radius 1 is 0.923 bits per heavy atom. The van der Waals surface area contributed by atoms with Crippen molar-refractivity contribution in [1.29, 1.82) is 0 Å². The minimum absolute atomic E-state index is 0.206. The summed E-state index contributed by atoms with van der Waals surface area (Å²) in [4.78, 5) is 24.2. The van der Waals surface area contributed by atoms with Crippen LogP contribution in [0.1, 0.15) is 5.56 Å². The Labute approximate surface area is 146 Å². The summed E-state index contributed by atoms with van der Waals surface area (Å²) in [5.74, 6) is -1.46. The van der Waals surface area contributed by atoms with Gasteiger partial charge in [0.1, 0.15) is 17.2 Å². The van der Waals surface area contributed by atoms with Gasteiger partial charge in [0, 0.05) is 24.2 Å². The summed E-state index contributed by atoms with van der Waals surface area (Å²) in [5, 5.41) is 0. The molecule has 3 aromatic heterocycles. The van der Waals surface area contributed by atoms with Crippen LogP contribution in [-0.4, -0.2) is 19.5 Å². The van der Waals surface area contributed by atoms with E-state index in [0.29, 0.717) is 16.6 Å². The third-order valence-corrected chi connectivity index (χ3v) is 4.07. The number of pyridine rings is 2. The van der Waals surface area contributed by atoms with Gasteiger partial charge in [-0.2, -0.15) is 0 Å². The van der Waals surface area contributed by atoms with Crippen LogP contribution in [-0.2, 0) is 6.54 Å². The summed E-state index contributed by atoms with van der Waals surface area (Å²) in [6.45, 7) is -0.275. The lowest BCUT2D eigenvalue weighted by Gasteiger charge is -2.12. The molecule has 0 bridgehead atoms. The lowest BCUT2D eigenvalue weighted by Crippen LogP contribution is -2.23. The van der Waals surface area contributed by atoms with Crippen molar-refractivity contribution < 1.29 is 8.78 Å². The van der Waals surface area contributed by atoms with Crippen molar-refractivity contribution in [3.8, 4) is 11.1 Å². The topological polar surface area (TPSA) is 60.7 Å². The molecule has 0 atom stereocenters. The normalized spacial score (nSPS) is 11.0. The molecule has 0 spiro atoms. The van der Waals surface area contributed by atoms with E-state index >= 15 is 0 Å². The van der Waals surface area contributed by atoms with Crippen molar-refractivity contribution in [3.05, 3.63) is 88.7 Å². The molecule has 3 heterocycles. The molecular formula is C19H12F2N4O. The number of hydrogen-bond donors (Lipinski definition) is 0. The maximum atomic E-state index is 14.6. The predicted molar refractivity (Wildman–Crippen MR) is 92.5 cm³/mol. The van der Waals surface area contributed by atoms with Crippen molar-refractivity contribution in [2.45, 2.75) is 6.54 Å². The molecule has 0 aliphatic carbocycles. The second kappa shape index (κ2) is 6.44. The van der Waals surface area contributed by atoms with Gasteiger partial charge < -0.3 is 0 Å². The van der Waals surface area contributed by atoms with Crippen LogP contribution in [0.5, 0.6) is 0 Å². The highest BCUT2D eigenvalue weighted by atomic mass is 19.1. The maximum Gasteiger partial charge on any atom is 0.270 e. The van der Waals surface area contributed by atoms with Crippen LogP contribution in [0.15, 0.2) is 66.0 Å². The molecule has 0 saturated heterocycles. The smallest absolute Gasteiger partial charge is 0.270 e. The Kier molecular flexibility index (Phi) is 3.96. The molecule has 0 N–H and O–H groups in total. The first-order valence-electron chi connectivity index (χ1n) is 7.82. The molecule has 0 saturated carbocycles. The van der Waals surface area contributed by atoms with Crippen LogP contribution in [0.4, 0.5) is 8.78 Å². The summed E-state index contributed by atoms with van der Waals surface area (Å²) in [7, 11) is 0. The first-order valence-corrected chi connectivity index (χ1v) is 7.82. The van der Waals surface area contributed by atoms with Gasteiger partial charge in [0.15, 0.2) is 5.65 Å². The Morgan fingerprint density at radius 2 is 1.65 bits per heavy atom. The third-order valence-electron chi connectivity index (χ3n) is 4.07. The van der Waals surface area contributed by atoms with E-state index in [1.54, 1.807) is 36.7 Å². The number of hydrogen-bond acceptors (Lipinski definition) is 4. The summed E-state index contributed by atoms with van der Waals surface area (Å²) >= 11 is 0. The van der Waals surface area contributed by atoms with Gasteiger partial charge in [-0.05, 0) is 47.5 Å². The van der Waals surface area contributed by atoms with E-state index in [2.05, 4.69) is 15.0 Å². The average molecular weight is 350 g/mol. The number of fused-ring (bicyclic) bond motifs is 1. The van der Waals surface area contributed by atoms with Crippen LogP contribution in [0, 0.1) is 11.6 Å². The van der Waals surface area contributed by atoms with Crippen LogP contribution >= 0.6 is 0 Å². The number of halogens is 2. The molecular weight excluding hydrogens is 338 g/mol. The van der Waals surface area contributed by atoms with Crippen molar-refractivity contribution in [2.24, 2.45) is 0 Å². The SMILES string of the molecule is O=c1cnc2cccnc2n1Cc1c(F)cc(-c2ccncc2)cc1F. The van der Waals surface area contributed by atoms with Gasteiger partial charge in [0.25, 0.3) is 5.56 Å². The molecule has 128 valence electrons. The quantitative estimate of drug-likeness (QED) is 0.569. The summed E-state index contributed by atoms with van der Waals surface area (Å²) in [5.41, 5.74) is 1.11. The van der Waals surface area contributed by atoms with E-state index in [1.165, 1.54) is 22.9 Å². The van der Waals surface area contributed by atoms with Crippen molar-refractivity contribution in [3.63, 3.8) is 0 Å². The summed E-state index contributed by atoms with van der Waals surface area (Å²) < 4.78 is 30.4. The zero-order valence-corrected chi connectivity index (χ0v) is 13.4. The number of rotatable bonds is 3. The molecule has 0 aliphatic heterocycles. The van der Waals surface area contributed by atoms with Crippen LogP contribution in [0.2, 0.25) is 0 Å². The highest BCUT2D eigenvalue weighted by Crippen LogP contribution is 2.24. The Bertz CT molecular complexity index is 1140. The molecule has 26 heavy (non-hydrogen) atoms. The largest absolute Gasteiger partial charge is 0.285 e. The number of nitrogens with zero attached hydrogens (tertiary/aromatic N) is 4. The van der Waals surface area contributed by atoms with E-state index in [9.17, 15) is 13.6 Å². The molecule has 0 radical (unpaired) electrons. The van der Waals surface area contributed by atoms with Crippen molar-refractivity contribution in [2.75, 3.05) is 0 Å². The highest BCUT2D eigenvalue weighted by Gasteiger charge is 2.15. The molecule has 0 unspecified atom stereocenters. The van der Waals surface area contributed by atoms with E-state index < -0.39 is 17.2 Å². The van der Waals surface area contributed by atoms with Gasteiger partial charge in [-0.1, -0.05) is 0 Å². The van der Waals surface area contributed by atoms with Crippen molar-refractivity contribution >= 4 is 11.2 Å². The second-order valence-electron chi connectivity index (χ2n) is 5.68. The molecule has 1 aromatic carbocycles. The molecule has 0 fully saturated rings. The summed E-state index contributed by atoms with van der Waals surface area (Å²) in [6, 6.07) is 9.18. The van der Waals surface area contributed by atoms with Gasteiger partial charge in [0.05, 0.1) is 12.7 Å². The lowest BCUT2D eigenvalue weighted by atomic mass is 10.0. The lowest BCUT2D eigenvalue weighted by molar-refractivity contribution is 0.544. The van der Waals surface area contributed by atoms with Crippen LogP contribution in [0.3, 0.4) is 0 Å². The van der Waals surface area contributed by atoms with Crippen LogP contribution < -0.4 is 5.56 Å². The zero-order chi connectivity index (χ0) is 18.1. The van der Waals surface area contributed by atoms with E-state index in [1.807, 2.05) is 0 Å². The Morgan fingerprint density at radius 3 is 2.38 bits per heavy atom. The molecule has 5 nitrogen and oxygen atoms in total. The average Bonchev–Trinajstić information content (AvgIpc) is 2.66. The van der Waals surface area contributed by atoms with Crippen LogP contribution in [0.25, 0.3) is 22.3 Å². The highest BCUT2D eigenvalue weighted by molar-refractivity contribution is 5.69. The minimum Gasteiger partial charge on any atom is -0.285 e. The number of benzene rings is 1. The van der Waals surface area contributed by atoms with Gasteiger partial charge in [-0.25, -0.2) is 18.7 Å². The van der Waals surface area contributed by atoms with Gasteiger partial charge >= 0.3 is 0 Å². The fourth-order valence-electron chi connectivity index (χ4n) is 2.77. The zero-order valence-electron chi connectivity index (χ0n) is 13.4. The van der Waals surface area contributed by atoms with E-state index in [-0.39, 0.29) is 17.8 Å². The molecule has 7 heteroatoms. The Hall–Kier alpha value is -3.48. The van der Waals surface area contributed by atoms with E-state index in [4.69, 9.17) is 0 Å². The third kappa shape index (κ3) is 2.83. The monoisotopic (exact) mass is 350 g/mol. The molecule has 0 amide bonds. The molecule has 0 aliphatic rings. The molecule has 4 aromatic rings. The maximum absolute atomic E-state index is 14.6. The molecule has 4 rings (SSSR count). The Balaban J connectivity index is 1.81. The fraction of sp³-hybridized carbons (Fsp3) is 0.0526. The first kappa shape index (κ1) is 16.0. The standard InChI is InChI=1S/C19H12F2N4O/c20-15-8-13(12-3-6-22-7-4-12)9-16(21)14(15)11-25-18(26)10-24-17-2-1-5-23-19(17)25/h1-10H,11H2. The van der Waals surface area contributed by atoms with Gasteiger partial charge in [-0.3, -0.25) is 14.3 Å². The van der Waals surface area contributed by atoms with Crippen molar-refractivity contribution in [1.82, 2.24) is 19.5 Å². The second-order valence-corrected chi connectivity index (χ2v) is 5.68. The summed E-state index contributed by atoms with van der Waals surface area (Å²) in [6.07, 6.45) is 5.71. The van der Waals surface area contributed by atoms with E-state index in [0.717, 1.165) is 6.20 Å². The minimum atomic E-state index is -0.732.